The second-order valence-corrected chi connectivity index (χ2v) is 13.5. The first-order valence-electron chi connectivity index (χ1n) is 15.1. The Labute approximate surface area is 259 Å². The zero-order valence-corrected chi connectivity index (χ0v) is 26.4. The Morgan fingerprint density at radius 1 is 1.07 bits per heavy atom. The molecule has 1 aromatic rings. The summed E-state index contributed by atoms with van der Waals surface area (Å²) in [5.74, 6) is -0.0187. The number of allylic oxidation sites excluding steroid dienone is 2. The lowest BCUT2D eigenvalue weighted by molar-refractivity contribution is -0.133. The highest BCUT2D eigenvalue weighted by atomic mass is 32.2. The highest BCUT2D eigenvalue weighted by Gasteiger charge is 2.44. The molecule has 1 fully saturated rings. The van der Waals surface area contributed by atoms with Crippen LogP contribution in [0, 0.1) is 5.92 Å². The molecule has 1 aromatic carbocycles. The van der Waals surface area contributed by atoms with Crippen molar-refractivity contribution in [1.29, 1.82) is 0 Å². The van der Waals surface area contributed by atoms with E-state index >= 15 is 0 Å². The van der Waals surface area contributed by atoms with Gasteiger partial charge < -0.3 is 24.4 Å². The average molecular weight is 627 g/mol. The van der Waals surface area contributed by atoms with Gasteiger partial charge in [0.05, 0.1) is 26.4 Å². The number of amides is 1. The number of carboxylic acid groups (broad SMARTS) is 1. The molecule has 1 saturated carbocycles. The number of carboxylic acids is 1. The molecule has 4 aliphatic rings. The van der Waals surface area contributed by atoms with Gasteiger partial charge in [0, 0.05) is 62.6 Å². The first-order chi connectivity index (χ1) is 21.0. The zero-order chi connectivity index (χ0) is 31.6. The van der Waals surface area contributed by atoms with Crippen molar-refractivity contribution in [3.63, 3.8) is 0 Å². The van der Waals surface area contributed by atoms with Crippen LogP contribution in [0.1, 0.15) is 49.7 Å². The number of nitrogens with two attached hydrogens (primary N) is 1. The smallest absolute Gasteiger partial charge is 0.331 e. The number of fused-ring (bicyclic) bond motifs is 5. The van der Waals surface area contributed by atoms with Crippen LogP contribution in [0.15, 0.2) is 52.6 Å². The van der Waals surface area contributed by atoms with Crippen LogP contribution in [0.5, 0.6) is 5.75 Å². The number of benzene rings is 1. The second kappa shape index (κ2) is 13.3. The Bertz CT molecular complexity index is 1540. The second-order valence-electron chi connectivity index (χ2n) is 11.9. The van der Waals surface area contributed by atoms with Crippen molar-refractivity contribution >= 4 is 33.9 Å². The van der Waals surface area contributed by atoms with Crippen LogP contribution in [0.2, 0.25) is 0 Å². The Kier molecular flexibility index (Phi) is 9.64. The molecule has 0 radical (unpaired) electrons. The van der Waals surface area contributed by atoms with E-state index < -0.39 is 16.2 Å². The van der Waals surface area contributed by atoms with Gasteiger partial charge in [-0.05, 0) is 59.7 Å². The van der Waals surface area contributed by atoms with Gasteiger partial charge in [-0.15, -0.1) is 0 Å². The molecular formula is C32H42N4O7S. The van der Waals surface area contributed by atoms with Crippen LogP contribution in [0.25, 0.3) is 11.8 Å². The fourth-order valence-electron chi connectivity index (χ4n) is 6.67. The van der Waals surface area contributed by atoms with E-state index in [0.717, 1.165) is 46.8 Å². The SMILES string of the molecule is COc1ccc2c(c1)C=C(C(=O)N(C)CCOCCN(C)S(N)(=O)=O)CN1C2=C(C2CCCCC2)C2=CC=C(C(=O)O)CC21. The highest BCUT2D eigenvalue weighted by Crippen LogP contribution is 2.51. The number of rotatable bonds is 11. The number of hydrogen-bond donors (Lipinski definition) is 2. The summed E-state index contributed by atoms with van der Waals surface area (Å²) in [6, 6.07) is 5.78. The topological polar surface area (TPSA) is 143 Å². The van der Waals surface area contributed by atoms with Crippen LogP contribution in [-0.4, -0.2) is 99.6 Å². The van der Waals surface area contributed by atoms with Crippen molar-refractivity contribution in [2.45, 2.75) is 44.6 Å². The third-order valence-corrected chi connectivity index (χ3v) is 10.2. The van der Waals surface area contributed by atoms with E-state index in [0.29, 0.717) is 42.3 Å². The summed E-state index contributed by atoms with van der Waals surface area (Å²) >= 11 is 0. The molecule has 44 heavy (non-hydrogen) atoms. The fraction of sp³-hybridized carbons (Fsp3) is 0.500. The number of aliphatic carboxylic acids is 1. The number of carbonyl (C=O) groups is 2. The monoisotopic (exact) mass is 626 g/mol. The third-order valence-electron chi connectivity index (χ3n) is 9.12. The van der Waals surface area contributed by atoms with Gasteiger partial charge in [-0.2, -0.15) is 12.7 Å². The summed E-state index contributed by atoms with van der Waals surface area (Å²) in [6.45, 7) is 1.11. The number of methoxy groups -OCH3 is 1. The number of ether oxygens (including phenoxy) is 2. The van der Waals surface area contributed by atoms with Crippen LogP contribution in [0.4, 0.5) is 0 Å². The number of carbonyl (C=O) groups excluding carboxylic acids is 1. The van der Waals surface area contributed by atoms with Crippen molar-refractivity contribution in [2.24, 2.45) is 11.1 Å². The van der Waals surface area contributed by atoms with Crippen molar-refractivity contribution in [3.8, 4) is 5.75 Å². The molecule has 1 amide bonds. The molecule has 11 nitrogen and oxygen atoms in total. The minimum Gasteiger partial charge on any atom is -0.497 e. The van der Waals surface area contributed by atoms with Crippen LogP contribution in [0.3, 0.4) is 0 Å². The van der Waals surface area contributed by atoms with Crippen LogP contribution >= 0.6 is 0 Å². The molecule has 0 bridgehead atoms. The maximum atomic E-state index is 13.9. The zero-order valence-electron chi connectivity index (χ0n) is 25.6. The van der Waals surface area contributed by atoms with Gasteiger partial charge in [-0.3, -0.25) is 4.79 Å². The molecule has 2 aliphatic carbocycles. The summed E-state index contributed by atoms with van der Waals surface area (Å²) in [5, 5.41) is 15.0. The predicted octanol–water partition coefficient (Wildman–Crippen LogP) is 3.02. The molecule has 0 aromatic heterocycles. The maximum Gasteiger partial charge on any atom is 0.331 e. The van der Waals surface area contributed by atoms with Gasteiger partial charge in [-0.1, -0.05) is 31.4 Å². The molecule has 2 aliphatic heterocycles. The summed E-state index contributed by atoms with van der Waals surface area (Å²) in [7, 11) is 0.934. The Balaban J connectivity index is 1.45. The normalized spacial score (nSPS) is 20.2. The van der Waals surface area contributed by atoms with Crippen molar-refractivity contribution in [2.75, 3.05) is 54.1 Å². The Hall–Kier alpha value is -3.45. The van der Waals surface area contributed by atoms with E-state index in [1.54, 1.807) is 25.1 Å². The standard InChI is InChI=1S/C32H42N4O7S/c1-34(13-15-43-16-14-35(2)44(33,40)41)31(37)24-17-23-18-25(42-3)10-12-26(23)30-29(21-7-5-4-6-8-21)27-11-9-22(32(38)39)19-28(27)36(30)20-24/h9-12,17-18,21,28H,4-8,13-16,19-20H2,1-3H3,(H,38,39)(H2,33,40,41). The molecule has 0 spiro atoms. The van der Waals surface area contributed by atoms with Gasteiger partial charge in [0.15, 0.2) is 0 Å². The summed E-state index contributed by atoms with van der Waals surface area (Å²) < 4.78 is 34.9. The molecule has 2 heterocycles. The molecule has 1 unspecified atom stereocenters. The first kappa shape index (κ1) is 32.0. The fourth-order valence-corrected chi connectivity index (χ4v) is 7.00. The number of hydrogen-bond acceptors (Lipinski definition) is 7. The van der Waals surface area contributed by atoms with E-state index in [-0.39, 0.29) is 31.7 Å². The molecule has 0 saturated heterocycles. The lowest BCUT2D eigenvalue weighted by Gasteiger charge is -2.32. The quantitative estimate of drug-likeness (QED) is 0.357. The summed E-state index contributed by atoms with van der Waals surface area (Å²) in [6.07, 6.45) is 11.8. The van der Waals surface area contributed by atoms with E-state index in [2.05, 4.69) is 11.0 Å². The minimum absolute atomic E-state index is 0.109. The summed E-state index contributed by atoms with van der Waals surface area (Å²) in [5.41, 5.74) is 6.40. The van der Waals surface area contributed by atoms with Gasteiger partial charge in [-0.25, -0.2) is 9.93 Å². The van der Waals surface area contributed by atoms with Gasteiger partial charge in [0.2, 0.25) is 0 Å². The number of nitrogens with zero attached hydrogens (tertiary/aromatic N) is 3. The molecular weight excluding hydrogens is 584 g/mol. The van der Waals surface area contributed by atoms with Crippen molar-refractivity contribution < 1.29 is 32.6 Å². The van der Waals surface area contributed by atoms with Crippen LogP contribution in [-0.2, 0) is 24.5 Å². The van der Waals surface area contributed by atoms with Gasteiger partial charge in [0.25, 0.3) is 16.1 Å². The van der Waals surface area contributed by atoms with E-state index in [1.165, 1.54) is 24.6 Å². The summed E-state index contributed by atoms with van der Waals surface area (Å²) in [4.78, 5) is 29.8. The van der Waals surface area contributed by atoms with Crippen LogP contribution < -0.4 is 9.88 Å². The van der Waals surface area contributed by atoms with Gasteiger partial charge >= 0.3 is 5.97 Å². The minimum atomic E-state index is -3.78. The predicted molar refractivity (Wildman–Crippen MR) is 168 cm³/mol. The molecule has 12 heteroatoms. The largest absolute Gasteiger partial charge is 0.497 e. The van der Waals surface area contributed by atoms with Crippen molar-refractivity contribution in [3.05, 3.63) is 63.8 Å². The molecule has 238 valence electrons. The lowest BCUT2D eigenvalue weighted by atomic mass is 9.77. The average Bonchev–Trinajstić information content (AvgIpc) is 3.22. The lowest BCUT2D eigenvalue weighted by Crippen LogP contribution is -2.38. The first-order valence-corrected chi connectivity index (χ1v) is 16.6. The number of likely N-dealkylation sites (N-methyl/N-ethyl adjacent to an activating group) is 2. The van der Waals surface area contributed by atoms with E-state index in [9.17, 15) is 23.1 Å². The maximum absolute atomic E-state index is 13.9. The van der Waals surface area contributed by atoms with E-state index in [4.69, 9.17) is 14.6 Å². The Morgan fingerprint density at radius 2 is 1.80 bits per heavy atom. The Morgan fingerprint density at radius 3 is 2.48 bits per heavy atom. The van der Waals surface area contributed by atoms with Gasteiger partial charge in [0.1, 0.15) is 5.75 Å². The third kappa shape index (κ3) is 6.63. The van der Waals surface area contributed by atoms with E-state index in [1.807, 2.05) is 24.3 Å². The highest BCUT2D eigenvalue weighted by molar-refractivity contribution is 7.86. The molecule has 3 N–H and O–H groups in total. The molecule has 5 rings (SSSR count). The van der Waals surface area contributed by atoms with Crippen molar-refractivity contribution in [1.82, 2.24) is 14.1 Å². The molecule has 1 atom stereocenters.